The smallest absolute Gasteiger partial charge is 0.374 e. The van der Waals surface area contributed by atoms with Crippen LogP contribution in [0.4, 0.5) is 0 Å². The molecule has 0 aliphatic rings. The number of esters is 1. The van der Waals surface area contributed by atoms with E-state index in [1.165, 1.54) is 0 Å². The van der Waals surface area contributed by atoms with Gasteiger partial charge in [-0.05, 0) is 31.2 Å². The van der Waals surface area contributed by atoms with Crippen LogP contribution in [0.1, 0.15) is 22.2 Å². The molecule has 0 aliphatic heterocycles. The molecule has 0 aliphatic carbocycles. The van der Waals surface area contributed by atoms with Crippen molar-refractivity contribution in [2.24, 2.45) is 0 Å². The minimum absolute atomic E-state index is 0.112. The highest BCUT2D eigenvalue weighted by atomic mass is 79.9. The van der Waals surface area contributed by atoms with Crippen molar-refractivity contribution >= 4 is 21.9 Å². The van der Waals surface area contributed by atoms with Gasteiger partial charge < -0.3 is 13.7 Å². The average molecular weight is 363 g/mol. The number of aryl methyl sites for hydroxylation is 1. The van der Waals surface area contributed by atoms with Gasteiger partial charge in [-0.3, -0.25) is 0 Å². The highest BCUT2D eigenvalue weighted by Gasteiger charge is 2.15. The summed E-state index contributed by atoms with van der Waals surface area (Å²) < 4.78 is 16.2. The van der Waals surface area contributed by atoms with E-state index in [1.807, 2.05) is 24.3 Å². The van der Waals surface area contributed by atoms with Gasteiger partial charge in [0.1, 0.15) is 5.76 Å². The minimum Gasteiger partial charge on any atom is -0.454 e. The zero-order valence-electron chi connectivity index (χ0n) is 11.6. The van der Waals surface area contributed by atoms with Crippen molar-refractivity contribution in [3.8, 4) is 11.4 Å². The number of rotatable bonds is 4. The van der Waals surface area contributed by atoms with Crippen molar-refractivity contribution in [1.29, 1.82) is 0 Å². The van der Waals surface area contributed by atoms with E-state index >= 15 is 0 Å². The molecule has 0 fully saturated rings. The van der Waals surface area contributed by atoms with Gasteiger partial charge in [-0.2, -0.15) is 4.98 Å². The highest BCUT2D eigenvalue weighted by Crippen LogP contribution is 2.20. The van der Waals surface area contributed by atoms with Gasteiger partial charge in [0.05, 0.1) is 0 Å². The molecule has 22 heavy (non-hydrogen) atoms. The number of benzene rings is 1. The van der Waals surface area contributed by atoms with Crippen molar-refractivity contribution in [3.05, 3.63) is 58.3 Å². The Morgan fingerprint density at radius 1 is 1.32 bits per heavy atom. The third kappa shape index (κ3) is 3.25. The Balaban J connectivity index is 1.66. The lowest BCUT2D eigenvalue weighted by Crippen LogP contribution is -2.04. The van der Waals surface area contributed by atoms with Gasteiger partial charge in [0.15, 0.2) is 6.61 Å². The van der Waals surface area contributed by atoms with E-state index in [4.69, 9.17) is 13.7 Å². The summed E-state index contributed by atoms with van der Waals surface area (Å²) in [5, 5.41) is 3.86. The predicted molar refractivity (Wildman–Crippen MR) is 80.0 cm³/mol. The van der Waals surface area contributed by atoms with E-state index in [0.29, 0.717) is 11.6 Å². The molecule has 3 rings (SSSR count). The van der Waals surface area contributed by atoms with Crippen molar-refractivity contribution in [1.82, 2.24) is 10.1 Å². The van der Waals surface area contributed by atoms with Crippen LogP contribution in [0.5, 0.6) is 0 Å². The first-order chi connectivity index (χ1) is 10.6. The lowest BCUT2D eigenvalue weighted by atomic mass is 10.2. The predicted octanol–water partition coefficient (Wildman–Crippen LogP) is 3.76. The number of carbonyl (C=O) groups is 1. The quantitative estimate of drug-likeness (QED) is 0.657. The van der Waals surface area contributed by atoms with Crippen LogP contribution in [0.3, 0.4) is 0 Å². The Morgan fingerprint density at radius 2 is 2.18 bits per heavy atom. The van der Waals surface area contributed by atoms with E-state index in [9.17, 15) is 4.79 Å². The summed E-state index contributed by atoms with van der Waals surface area (Å²) >= 11 is 3.38. The van der Waals surface area contributed by atoms with Crippen LogP contribution in [0.15, 0.2) is 49.8 Å². The molecule has 3 aromatic rings. The maximum atomic E-state index is 11.7. The highest BCUT2D eigenvalue weighted by molar-refractivity contribution is 9.10. The SMILES string of the molecule is Cc1ccc(C(=O)OCc2nc(-c3cccc(Br)c3)no2)o1. The molecule has 2 heterocycles. The number of hydrogen-bond acceptors (Lipinski definition) is 6. The number of furan rings is 1. The van der Waals surface area contributed by atoms with Crippen molar-refractivity contribution in [3.63, 3.8) is 0 Å². The normalized spacial score (nSPS) is 10.6. The monoisotopic (exact) mass is 362 g/mol. The molecule has 7 heteroatoms. The van der Waals surface area contributed by atoms with E-state index in [0.717, 1.165) is 10.0 Å². The maximum Gasteiger partial charge on any atom is 0.374 e. The van der Waals surface area contributed by atoms with E-state index in [2.05, 4.69) is 26.1 Å². The van der Waals surface area contributed by atoms with Gasteiger partial charge in [-0.15, -0.1) is 0 Å². The summed E-state index contributed by atoms with van der Waals surface area (Å²) in [6.07, 6.45) is 0. The molecule has 0 atom stereocenters. The molecule has 6 nitrogen and oxygen atoms in total. The summed E-state index contributed by atoms with van der Waals surface area (Å²) in [5.74, 6) is 0.856. The second-order valence-electron chi connectivity index (χ2n) is 4.51. The summed E-state index contributed by atoms with van der Waals surface area (Å²) in [5.41, 5.74) is 0.803. The third-order valence-corrected chi connectivity index (χ3v) is 3.31. The molecule has 1 aromatic carbocycles. The van der Waals surface area contributed by atoms with Gasteiger partial charge in [0, 0.05) is 10.0 Å². The fourth-order valence-corrected chi connectivity index (χ4v) is 2.20. The molecule has 0 N–H and O–H groups in total. The Morgan fingerprint density at radius 3 is 2.91 bits per heavy atom. The Hall–Kier alpha value is -2.41. The topological polar surface area (TPSA) is 78.4 Å². The van der Waals surface area contributed by atoms with Crippen molar-refractivity contribution in [2.45, 2.75) is 13.5 Å². The average Bonchev–Trinajstić information content (AvgIpc) is 3.14. The Bertz CT molecular complexity index is 809. The fraction of sp³-hybridized carbons (Fsp3) is 0.133. The summed E-state index contributed by atoms with van der Waals surface area (Å²) in [7, 11) is 0. The first-order valence-corrected chi connectivity index (χ1v) is 7.23. The van der Waals surface area contributed by atoms with E-state index < -0.39 is 5.97 Å². The number of hydrogen-bond donors (Lipinski definition) is 0. The molecule has 0 unspecified atom stereocenters. The molecule has 2 aromatic heterocycles. The van der Waals surface area contributed by atoms with Gasteiger partial charge in [0.2, 0.25) is 11.6 Å². The van der Waals surface area contributed by atoms with Crippen LogP contribution in [0, 0.1) is 6.92 Å². The summed E-state index contributed by atoms with van der Waals surface area (Å²) in [4.78, 5) is 15.9. The molecule has 0 spiro atoms. The molecular weight excluding hydrogens is 352 g/mol. The zero-order chi connectivity index (χ0) is 15.5. The molecule has 0 saturated carbocycles. The molecule has 0 bridgehead atoms. The Kier molecular flexibility index (Phi) is 4.06. The molecule has 0 amide bonds. The van der Waals surface area contributed by atoms with Crippen molar-refractivity contribution in [2.75, 3.05) is 0 Å². The fourth-order valence-electron chi connectivity index (χ4n) is 1.80. The molecule has 112 valence electrons. The van der Waals surface area contributed by atoms with Crippen LogP contribution < -0.4 is 0 Å². The minimum atomic E-state index is -0.574. The second-order valence-corrected chi connectivity index (χ2v) is 5.42. The lowest BCUT2D eigenvalue weighted by molar-refractivity contribution is 0.0392. The lowest BCUT2D eigenvalue weighted by Gasteiger charge is -1.98. The number of aromatic nitrogens is 2. The van der Waals surface area contributed by atoms with Gasteiger partial charge in [-0.1, -0.05) is 33.2 Å². The van der Waals surface area contributed by atoms with E-state index in [1.54, 1.807) is 19.1 Å². The number of halogens is 1. The standard InChI is InChI=1S/C15H11BrN2O4/c1-9-5-6-12(21-9)15(19)20-8-13-17-14(18-22-13)10-3-2-4-11(16)7-10/h2-7H,8H2,1H3. The first kappa shape index (κ1) is 14.5. The Labute approximate surface area is 134 Å². The van der Waals surface area contributed by atoms with E-state index in [-0.39, 0.29) is 18.3 Å². The zero-order valence-corrected chi connectivity index (χ0v) is 13.2. The molecule has 0 saturated heterocycles. The number of nitrogens with zero attached hydrogens (tertiary/aromatic N) is 2. The van der Waals surface area contributed by atoms with Gasteiger partial charge in [0.25, 0.3) is 5.89 Å². The third-order valence-electron chi connectivity index (χ3n) is 2.82. The van der Waals surface area contributed by atoms with Gasteiger partial charge >= 0.3 is 5.97 Å². The second kappa shape index (κ2) is 6.15. The first-order valence-electron chi connectivity index (χ1n) is 6.44. The van der Waals surface area contributed by atoms with Crippen LogP contribution in [-0.2, 0) is 11.3 Å². The van der Waals surface area contributed by atoms with Crippen LogP contribution in [0.2, 0.25) is 0 Å². The summed E-state index contributed by atoms with van der Waals surface area (Å²) in [6, 6.07) is 10.7. The molecule has 0 radical (unpaired) electrons. The number of ether oxygens (including phenoxy) is 1. The largest absolute Gasteiger partial charge is 0.454 e. The van der Waals surface area contributed by atoms with Crippen LogP contribution in [0.25, 0.3) is 11.4 Å². The van der Waals surface area contributed by atoms with Crippen molar-refractivity contribution < 1.29 is 18.5 Å². The van der Waals surface area contributed by atoms with Crippen LogP contribution >= 0.6 is 15.9 Å². The number of carbonyl (C=O) groups excluding carboxylic acids is 1. The maximum absolute atomic E-state index is 11.7. The van der Waals surface area contributed by atoms with Crippen LogP contribution in [-0.4, -0.2) is 16.1 Å². The van der Waals surface area contributed by atoms with Gasteiger partial charge in [-0.25, -0.2) is 4.79 Å². The summed E-state index contributed by atoms with van der Waals surface area (Å²) in [6.45, 7) is 1.64. The molecular formula is C15H11BrN2O4.